The van der Waals surface area contributed by atoms with Crippen LogP contribution in [0.15, 0.2) is 64.8 Å². The fourth-order valence-corrected chi connectivity index (χ4v) is 3.90. The van der Waals surface area contributed by atoms with Crippen molar-refractivity contribution in [2.75, 3.05) is 7.11 Å². The minimum absolute atomic E-state index is 0.0111. The number of H-pyrrole nitrogens is 1. The summed E-state index contributed by atoms with van der Waals surface area (Å²) in [5, 5.41) is 13.5. The van der Waals surface area contributed by atoms with Crippen LogP contribution in [-0.2, 0) is 0 Å². The molecule has 124 valence electrons. The van der Waals surface area contributed by atoms with E-state index in [9.17, 15) is 9.90 Å². The lowest BCUT2D eigenvalue weighted by atomic mass is 10.0. The number of hydrogen-bond donors (Lipinski definition) is 2. The number of hydrogen-bond acceptors (Lipinski definition) is 4. The van der Waals surface area contributed by atoms with Gasteiger partial charge in [-0.3, -0.25) is 4.79 Å². The van der Waals surface area contributed by atoms with E-state index in [1.165, 1.54) is 11.3 Å². The molecule has 2 aromatic heterocycles. The van der Waals surface area contributed by atoms with Crippen LogP contribution in [0, 0.1) is 0 Å². The second-order valence-electron chi connectivity index (χ2n) is 5.63. The first-order chi connectivity index (χ1) is 12.2. The molecule has 0 aliphatic rings. The van der Waals surface area contributed by atoms with Crippen molar-refractivity contribution in [2.24, 2.45) is 0 Å². The summed E-state index contributed by atoms with van der Waals surface area (Å²) >= 11 is 1.40. The van der Waals surface area contributed by atoms with Gasteiger partial charge in [-0.15, -0.1) is 11.3 Å². The Hall–Kier alpha value is -3.05. The Bertz CT molecular complexity index is 1100. The number of pyridine rings is 1. The summed E-state index contributed by atoms with van der Waals surface area (Å²) in [6.45, 7) is 0. The summed E-state index contributed by atoms with van der Waals surface area (Å²) in [6, 6.07) is 16.8. The van der Waals surface area contributed by atoms with E-state index in [2.05, 4.69) is 4.98 Å². The van der Waals surface area contributed by atoms with Crippen molar-refractivity contribution in [2.45, 2.75) is 0 Å². The summed E-state index contributed by atoms with van der Waals surface area (Å²) in [7, 11) is 1.62. The van der Waals surface area contributed by atoms with Gasteiger partial charge in [0.25, 0.3) is 5.56 Å². The monoisotopic (exact) mass is 349 g/mol. The molecule has 0 amide bonds. The zero-order valence-electron chi connectivity index (χ0n) is 13.4. The molecule has 0 atom stereocenters. The molecule has 0 unspecified atom stereocenters. The third-order valence-corrected chi connectivity index (χ3v) is 5.08. The van der Waals surface area contributed by atoms with Gasteiger partial charge in [-0.05, 0) is 23.3 Å². The number of rotatable bonds is 3. The van der Waals surface area contributed by atoms with Crippen molar-refractivity contribution in [1.82, 2.24) is 4.98 Å². The van der Waals surface area contributed by atoms with Crippen LogP contribution in [-0.4, -0.2) is 17.2 Å². The molecule has 0 bridgehead atoms. The fraction of sp³-hybridized carbons (Fsp3) is 0.0500. The molecule has 4 nitrogen and oxygen atoms in total. The highest BCUT2D eigenvalue weighted by molar-refractivity contribution is 7.17. The maximum absolute atomic E-state index is 12.5. The van der Waals surface area contributed by atoms with Crippen LogP contribution in [0.25, 0.3) is 32.5 Å². The fourth-order valence-electron chi connectivity index (χ4n) is 2.94. The minimum Gasteiger partial charge on any atom is -0.506 e. The first-order valence-corrected chi connectivity index (χ1v) is 8.63. The van der Waals surface area contributed by atoms with Gasteiger partial charge < -0.3 is 14.8 Å². The van der Waals surface area contributed by atoms with Gasteiger partial charge >= 0.3 is 0 Å². The van der Waals surface area contributed by atoms with Crippen LogP contribution in [0.2, 0.25) is 0 Å². The number of aromatic hydroxyl groups is 1. The molecule has 0 saturated carbocycles. The van der Waals surface area contributed by atoms with E-state index in [1.54, 1.807) is 7.11 Å². The third kappa shape index (κ3) is 2.58. The molecule has 2 heterocycles. The number of nitrogens with one attached hydrogen (secondary N) is 1. The first kappa shape index (κ1) is 15.5. The van der Waals surface area contributed by atoms with E-state index in [0.29, 0.717) is 21.3 Å². The molecule has 0 saturated heterocycles. The lowest BCUT2D eigenvalue weighted by Gasteiger charge is -2.08. The second kappa shape index (κ2) is 6.11. The molecule has 4 aromatic rings. The van der Waals surface area contributed by atoms with Crippen LogP contribution >= 0.6 is 11.3 Å². The van der Waals surface area contributed by atoms with Crippen LogP contribution in [0.4, 0.5) is 0 Å². The van der Waals surface area contributed by atoms with Gasteiger partial charge in [0.2, 0.25) is 0 Å². The Labute approximate surface area is 148 Å². The zero-order chi connectivity index (χ0) is 17.4. The van der Waals surface area contributed by atoms with Crippen LogP contribution in [0.5, 0.6) is 11.5 Å². The lowest BCUT2D eigenvalue weighted by Crippen LogP contribution is -2.08. The highest BCUT2D eigenvalue weighted by Gasteiger charge is 2.18. The van der Waals surface area contributed by atoms with E-state index < -0.39 is 0 Å². The summed E-state index contributed by atoms with van der Waals surface area (Å²) in [4.78, 5) is 16.0. The standard InChI is InChI=1S/C20H15NO3S/c1-24-14-9-7-12(8-10-14)15-11-25-20-17(15)18(22)16(19(23)21-20)13-5-3-2-4-6-13/h2-11H,1H3,(H2,21,22,23). The third-order valence-electron chi connectivity index (χ3n) is 4.18. The average Bonchev–Trinajstić information content (AvgIpc) is 3.06. The molecule has 0 aliphatic carbocycles. The molecule has 4 rings (SSSR count). The number of aromatic nitrogens is 1. The first-order valence-electron chi connectivity index (χ1n) is 7.75. The average molecular weight is 349 g/mol. The van der Waals surface area contributed by atoms with Crippen molar-refractivity contribution in [3.63, 3.8) is 0 Å². The predicted octanol–water partition coefficient (Wildman–Crippen LogP) is 4.64. The molecular weight excluding hydrogens is 334 g/mol. The highest BCUT2D eigenvalue weighted by Crippen LogP contribution is 2.41. The maximum atomic E-state index is 12.5. The quantitative estimate of drug-likeness (QED) is 0.566. The van der Waals surface area contributed by atoms with Gasteiger partial charge in [0, 0.05) is 10.9 Å². The Morgan fingerprint density at radius 2 is 1.72 bits per heavy atom. The SMILES string of the molecule is COc1ccc(-c2csc3[nH]c(=O)c(-c4ccccc4)c(O)c23)cc1. The van der Waals surface area contributed by atoms with E-state index in [1.807, 2.05) is 60.0 Å². The second-order valence-corrected chi connectivity index (χ2v) is 6.51. The largest absolute Gasteiger partial charge is 0.506 e. The van der Waals surface area contributed by atoms with Crippen LogP contribution in [0.1, 0.15) is 0 Å². The van der Waals surface area contributed by atoms with Gasteiger partial charge in [-0.2, -0.15) is 0 Å². The molecular formula is C20H15NO3S. The normalized spacial score (nSPS) is 10.9. The Morgan fingerprint density at radius 3 is 2.40 bits per heavy atom. The van der Waals surface area contributed by atoms with Gasteiger partial charge in [0.1, 0.15) is 16.3 Å². The topological polar surface area (TPSA) is 62.3 Å². The van der Waals surface area contributed by atoms with Gasteiger partial charge in [-0.25, -0.2) is 0 Å². The smallest absolute Gasteiger partial charge is 0.260 e. The molecule has 0 aliphatic heterocycles. The van der Waals surface area contributed by atoms with E-state index in [4.69, 9.17) is 4.74 Å². The van der Waals surface area contributed by atoms with E-state index in [0.717, 1.165) is 16.9 Å². The van der Waals surface area contributed by atoms with Gasteiger partial charge in [0.15, 0.2) is 0 Å². The number of benzene rings is 2. The number of fused-ring (bicyclic) bond motifs is 1. The highest BCUT2D eigenvalue weighted by atomic mass is 32.1. The molecule has 0 radical (unpaired) electrons. The molecule has 0 spiro atoms. The summed E-state index contributed by atoms with van der Waals surface area (Å²) in [5.41, 5.74) is 2.53. The Morgan fingerprint density at radius 1 is 1.00 bits per heavy atom. The van der Waals surface area contributed by atoms with Crippen molar-refractivity contribution in [3.8, 4) is 33.8 Å². The van der Waals surface area contributed by atoms with Crippen molar-refractivity contribution >= 4 is 21.6 Å². The minimum atomic E-state index is -0.292. The number of methoxy groups -OCH3 is 1. The van der Waals surface area contributed by atoms with Crippen molar-refractivity contribution in [3.05, 3.63) is 70.3 Å². The molecule has 25 heavy (non-hydrogen) atoms. The predicted molar refractivity (Wildman–Crippen MR) is 102 cm³/mol. The van der Waals surface area contributed by atoms with Crippen LogP contribution < -0.4 is 10.3 Å². The number of ether oxygens (including phenoxy) is 1. The summed E-state index contributed by atoms with van der Waals surface area (Å²) < 4.78 is 5.20. The molecule has 2 N–H and O–H groups in total. The Kier molecular flexibility index (Phi) is 3.78. The summed E-state index contributed by atoms with van der Waals surface area (Å²) in [5.74, 6) is 0.780. The van der Waals surface area contributed by atoms with Crippen molar-refractivity contribution < 1.29 is 9.84 Å². The van der Waals surface area contributed by atoms with Crippen LogP contribution in [0.3, 0.4) is 0 Å². The molecule has 0 fully saturated rings. The molecule has 5 heteroatoms. The van der Waals surface area contributed by atoms with Crippen molar-refractivity contribution in [1.29, 1.82) is 0 Å². The number of thiophene rings is 1. The number of aromatic amines is 1. The van der Waals surface area contributed by atoms with Gasteiger partial charge in [0.05, 0.1) is 18.1 Å². The zero-order valence-corrected chi connectivity index (χ0v) is 14.3. The lowest BCUT2D eigenvalue weighted by molar-refractivity contribution is 0.415. The van der Waals surface area contributed by atoms with Gasteiger partial charge in [-0.1, -0.05) is 42.5 Å². The maximum Gasteiger partial charge on any atom is 0.260 e. The Balaban J connectivity index is 1.97. The van der Waals surface area contributed by atoms with E-state index in [-0.39, 0.29) is 11.3 Å². The van der Waals surface area contributed by atoms with E-state index >= 15 is 0 Å². The summed E-state index contributed by atoms with van der Waals surface area (Å²) in [6.07, 6.45) is 0. The molecule has 2 aromatic carbocycles.